The lowest BCUT2D eigenvalue weighted by Gasteiger charge is -2.03. The number of fused-ring (bicyclic) bond motifs is 1. The van der Waals surface area contributed by atoms with Crippen LogP contribution in [0.5, 0.6) is 0 Å². The maximum absolute atomic E-state index is 4.45. The van der Waals surface area contributed by atoms with Crippen molar-refractivity contribution in [3.8, 4) is 0 Å². The topological polar surface area (TPSA) is 50.2 Å². The van der Waals surface area contributed by atoms with Gasteiger partial charge in [0.25, 0.3) is 0 Å². The highest BCUT2D eigenvalue weighted by Crippen LogP contribution is 2.32. The number of thioether (sulfide) groups is 1. The van der Waals surface area contributed by atoms with Gasteiger partial charge in [0.1, 0.15) is 11.2 Å². The molecule has 1 aliphatic heterocycles. The summed E-state index contributed by atoms with van der Waals surface area (Å²) < 4.78 is 0. The molecule has 1 saturated heterocycles. The van der Waals surface area contributed by atoms with Gasteiger partial charge in [0.05, 0.1) is 5.39 Å². The standard InChI is InChI=1S/C12H14N4S2/c1-7-8(2)18-12-10(7)11(13-6-14-12)16-15-9-3-4-17-5-9/h6H,3-5H2,1-2H3,(H,13,14,16)/b15-9-. The summed E-state index contributed by atoms with van der Waals surface area (Å²) >= 11 is 3.63. The Morgan fingerprint density at radius 2 is 2.22 bits per heavy atom. The van der Waals surface area contributed by atoms with Gasteiger partial charge in [-0.3, -0.25) is 5.43 Å². The van der Waals surface area contributed by atoms with E-state index < -0.39 is 0 Å². The van der Waals surface area contributed by atoms with E-state index in [0.29, 0.717) is 0 Å². The van der Waals surface area contributed by atoms with Gasteiger partial charge in [-0.1, -0.05) is 0 Å². The van der Waals surface area contributed by atoms with Gasteiger partial charge < -0.3 is 0 Å². The van der Waals surface area contributed by atoms with E-state index in [1.807, 2.05) is 11.8 Å². The van der Waals surface area contributed by atoms with Crippen LogP contribution in [0.1, 0.15) is 16.9 Å². The van der Waals surface area contributed by atoms with Crippen LogP contribution in [0.25, 0.3) is 10.2 Å². The van der Waals surface area contributed by atoms with Crippen LogP contribution >= 0.6 is 23.1 Å². The molecule has 0 amide bonds. The Bertz CT molecular complexity index is 610. The van der Waals surface area contributed by atoms with Crippen molar-refractivity contribution >= 4 is 44.8 Å². The van der Waals surface area contributed by atoms with Gasteiger partial charge >= 0.3 is 0 Å². The molecule has 0 aromatic carbocycles. The number of hydrazone groups is 1. The number of thiophene rings is 1. The molecule has 4 nitrogen and oxygen atoms in total. The SMILES string of the molecule is Cc1sc2ncnc(N/N=C3/CCSC3)c2c1C. The Morgan fingerprint density at radius 3 is 3.00 bits per heavy atom. The Kier molecular flexibility index (Phi) is 3.22. The first-order valence-corrected chi connectivity index (χ1v) is 7.82. The Hall–Kier alpha value is -1.14. The van der Waals surface area contributed by atoms with Gasteiger partial charge in [-0.25, -0.2) is 9.97 Å². The number of nitrogens with zero attached hydrogens (tertiary/aromatic N) is 3. The molecular formula is C12H14N4S2. The van der Waals surface area contributed by atoms with Crippen molar-refractivity contribution in [1.29, 1.82) is 0 Å². The zero-order valence-corrected chi connectivity index (χ0v) is 12.0. The van der Waals surface area contributed by atoms with Crippen LogP contribution in [0.15, 0.2) is 11.4 Å². The number of aromatic nitrogens is 2. The van der Waals surface area contributed by atoms with Gasteiger partial charge in [-0.05, 0) is 31.6 Å². The Labute approximate surface area is 114 Å². The fourth-order valence-corrected chi connectivity index (χ4v) is 3.91. The molecule has 3 heterocycles. The average Bonchev–Trinajstić information content (AvgIpc) is 2.97. The van der Waals surface area contributed by atoms with E-state index >= 15 is 0 Å². The molecule has 0 saturated carbocycles. The first-order chi connectivity index (χ1) is 8.75. The van der Waals surface area contributed by atoms with E-state index in [1.165, 1.54) is 21.9 Å². The maximum atomic E-state index is 4.45. The van der Waals surface area contributed by atoms with Crippen molar-refractivity contribution < 1.29 is 0 Å². The van der Waals surface area contributed by atoms with Gasteiger partial charge in [0, 0.05) is 16.3 Å². The molecule has 2 aromatic heterocycles. The lowest BCUT2D eigenvalue weighted by atomic mass is 10.2. The molecule has 1 aliphatic rings. The van der Waals surface area contributed by atoms with Crippen LogP contribution in [0.4, 0.5) is 5.82 Å². The highest BCUT2D eigenvalue weighted by molar-refractivity contribution is 8.00. The summed E-state index contributed by atoms with van der Waals surface area (Å²) in [6, 6.07) is 0. The van der Waals surface area contributed by atoms with Crippen LogP contribution in [0, 0.1) is 13.8 Å². The lowest BCUT2D eigenvalue weighted by molar-refractivity contribution is 1.17. The van der Waals surface area contributed by atoms with Crippen LogP contribution in [-0.2, 0) is 0 Å². The summed E-state index contributed by atoms with van der Waals surface area (Å²) in [5.74, 6) is 3.03. The number of nitrogens with one attached hydrogen (secondary N) is 1. The summed E-state index contributed by atoms with van der Waals surface area (Å²) in [5.41, 5.74) is 5.58. The average molecular weight is 278 g/mol. The highest BCUT2D eigenvalue weighted by Gasteiger charge is 2.12. The molecular weight excluding hydrogens is 264 g/mol. The van der Waals surface area contributed by atoms with E-state index in [1.54, 1.807) is 17.7 Å². The van der Waals surface area contributed by atoms with Crippen LogP contribution < -0.4 is 5.43 Å². The number of hydrogen-bond acceptors (Lipinski definition) is 6. The fraction of sp³-hybridized carbons (Fsp3) is 0.417. The van der Waals surface area contributed by atoms with E-state index in [-0.39, 0.29) is 0 Å². The zero-order valence-electron chi connectivity index (χ0n) is 10.4. The minimum atomic E-state index is 0.825. The zero-order chi connectivity index (χ0) is 12.5. The molecule has 3 rings (SSSR count). The van der Waals surface area contributed by atoms with Gasteiger partial charge in [-0.15, -0.1) is 11.3 Å². The second-order valence-electron chi connectivity index (χ2n) is 4.28. The first-order valence-electron chi connectivity index (χ1n) is 5.85. The fourth-order valence-electron chi connectivity index (χ4n) is 1.94. The third kappa shape index (κ3) is 2.10. The molecule has 94 valence electrons. The number of hydrogen-bond donors (Lipinski definition) is 1. The second kappa shape index (κ2) is 4.85. The second-order valence-corrected chi connectivity index (χ2v) is 6.59. The highest BCUT2D eigenvalue weighted by atomic mass is 32.2. The summed E-state index contributed by atoms with van der Waals surface area (Å²) in [7, 11) is 0. The monoisotopic (exact) mass is 278 g/mol. The molecule has 0 spiro atoms. The van der Waals surface area contributed by atoms with Gasteiger partial charge in [0.2, 0.25) is 0 Å². The summed E-state index contributed by atoms with van der Waals surface area (Å²) in [5, 5.41) is 5.56. The molecule has 0 bridgehead atoms. The van der Waals surface area contributed by atoms with Crippen molar-refractivity contribution in [2.45, 2.75) is 20.3 Å². The molecule has 0 radical (unpaired) electrons. The quantitative estimate of drug-likeness (QED) is 0.857. The third-order valence-electron chi connectivity index (χ3n) is 3.09. The predicted octanol–water partition coefficient (Wildman–Crippen LogP) is 3.21. The van der Waals surface area contributed by atoms with Crippen molar-refractivity contribution in [3.05, 3.63) is 16.8 Å². The Balaban J connectivity index is 1.98. The van der Waals surface area contributed by atoms with Crippen molar-refractivity contribution in [1.82, 2.24) is 9.97 Å². The molecule has 1 fully saturated rings. The minimum Gasteiger partial charge on any atom is -0.261 e. The van der Waals surface area contributed by atoms with Gasteiger partial charge in [0.15, 0.2) is 5.82 Å². The molecule has 0 unspecified atom stereocenters. The lowest BCUT2D eigenvalue weighted by Crippen LogP contribution is -2.01. The molecule has 2 aromatic rings. The summed E-state index contributed by atoms with van der Waals surface area (Å²) in [4.78, 5) is 11.0. The van der Waals surface area contributed by atoms with E-state index in [9.17, 15) is 0 Å². The van der Waals surface area contributed by atoms with E-state index in [2.05, 4.69) is 34.3 Å². The van der Waals surface area contributed by atoms with Gasteiger partial charge in [-0.2, -0.15) is 16.9 Å². The first kappa shape index (κ1) is 11.9. The summed E-state index contributed by atoms with van der Waals surface area (Å²) in [6.45, 7) is 4.23. The summed E-state index contributed by atoms with van der Waals surface area (Å²) in [6.07, 6.45) is 2.68. The Morgan fingerprint density at radius 1 is 1.33 bits per heavy atom. The number of aryl methyl sites for hydroxylation is 2. The number of rotatable bonds is 2. The minimum absolute atomic E-state index is 0.825. The van der Waals surface area contributed by atoms with E-state index in [0.717, 1.165) is 28.2 Å². The largest absolute Gasteiger partial charge is 0.261 e. The van der Waals surface area contributed by atoms with Crippen LogP contribution in [-0.4, -0.2) is 27.2 Å². The van der Waals surface area contributed by atoms with Crippen molar-refractivity contribution in [2.24, 2.45) is 5.10 Å². The van der Waals surface area contributed by atoms with Crippen LogP contribution in [0.2, 0.25) is 0 Å². The smallest absolute Gasteiger partial charge is 0.158 e. The third-order valence-corrected chi connectivity index (χ3v) is 5.23. The molecule has 0 aliphatic carbocycles. The molecule has 18 heavy (non-hydrogen) atoms. The normalized spacial score (nSPS) is 17.8. The van der Waals surface area contributed by atoms with Crippen molar-refractivity contribution in [3.63, 3.8) is 0 Å². The predicted molar refractivity (Wildman–Crippen MR) is 79.9 cm³/mol. The molecule has 1 N–H and O–H groups in total. The van der Waals surface area contributed by atoms with Crippen molar-refractivity contribution in [2.75, 3.05) is 16.9 Å². The molecule has 6 heteroatoms. The number of anilines is 1. The van der Waals surface area contributed by atoms with Crippen LogP contribution in [0.3, 0.4) is 0 Å². The molecule has 0 atom stereocenters. The maximum Gasteiger partial charge on any atom is 0.158 e. The van der Waals surface area contributed by atoms with E-state index in [4.69, 9.17) is 0 Å².